The molecule has 0 aliphatic heterocycles. The van der Waals surface area contributed by atoms with Crippen molar-refractivity contribution in [1.29, 1.82) is 0 Å². The van der Waals surface area contributed by atoms with E-state index >= 15 is 0 Å². The molecular formula is C20H28N5+. The third-order valence-electron chi connectivity index (χ3n) is 3.65. The molecule has 5 heteroatoms. The van der Waals surface area contributed by atoms with Crippen molar-refractivity contribution in [2.24, 2.45) is 5.10 Å². The van der Waals surface area contributed by atoms with Crippen LogP contribution in [0.15, 0.2) is 72.1 Å². The fraction of sp³-hybridized carbons (Fsp3) is 0.250. The number of quaternary nitrogens is 1. The monoisotopic (exact) mass is 338 g/mol. The molecule has 1 unspecified atom stereocenters. The SMILES string of the molecule is CN(C)/C=C\[NH+](C)/C=N/N(C)c1ccc(NCc2ccccc2)cc1. The van der Waals surface area contributed by atoms with Gasteiger partial charge in [-0.3, -0.25) is 9.91 Å². The van der Waals surface area contributed by atoms with E-state index in [-0.39, 0.29) is 0 Å². The Labute approximate surface area is 150 Å². The minimum absolute atomic E-state index is 0.820. The average Bonchev–Trinajstić information content (AvgIpc) is 2.64. The van der Waals surface area contributed by atoms with Crippen LogP contribution >= 0.6 is 0 Å². The normalized spacial score (nSPS) is 12.5. The van der Waals surface area contributed by atoms with Crippen LogP contribution in [0, 0.1) is 0 Å². The van der Waals surface area contributed by atoms with E-state index in [9.17, 15) is 0 Å². The smallest absolute Gasteiger partial charge is 0.210 e. The molecule has 0 aliphatic carbocycles. The molecule has 1 atom stereocenters. The first-order valence-electron chi connectivity index (χ1n) is 8.38. The standard InChI is InChI=1S/C20H27N5/c1-23(2)14-15-24(3)17-22-25(4)20-12-10-19(11-13-20)21-16-18-8-6-5-7-9-18/h5-15,17,21H,16H2,1-4H3/p+1/b15-14-,22-17+. The summed E-state index contributed by atoms with van der Waals surface area (Å²) in [4.78, 5) is 3.10. The van der Waals surface area contributed by atoms with Gasteiger partial charge in [-0.05, 0) is 29.8 Å². The largest absolute Gasteiger partial charge is 0.381 e. The lowest BCUT2D eigenvalue weighted by molar-refractivity contribution is -0.713. The highest BCUT2D eigenvalue weighted by molar-refractivity contribution is 5.56. The van der Waals surface area contributed by atoms with E-state index in [1.165, 1.54) is 5.56 Å². The molecule has 0 radical (unpaired) electrons. The summed E-state index contributed by atoms with van der Waals surface area (Å²) in [5.74, 6) is 0. The molecule has 0 saturated heterocycles. The van der Waals surface area contributed by atoms with E-state index in [1.54, 1.807) is 0 Å². The summed E-state index contributed by atoms with van der Waals surface area (Å²) in [6.07, 6.45) is 5.91. The molecule has 2 N–H and O–H groups in total. The van der Waals surface area contributed by atoms with Crippen molar-refractivity contribution >= 4 is 17.7 Å². The predicted octanol–water partition coefficient (Wildman–Crippen LogP) is 2.23. The van der Waals surface area contributed by atoms with Gasteiger partial charge in [-0.25, -0.2) is 0 Å². The Balaban J connectivity index is 1.88. The first-order valence-corrected chi connectivity index (χ1v) is 8.38. The zero-order valence-electron chi connectivity index (χ0n) is 15.5. The first-order chi connectivity index (χ1) is 12.0. The zero-order chi connectivity index (χ0) is 18.1. The lowest BCUT2D eigenvalue weighted by atomic mass is 10.2. The third-order valence-corrected chi connectivity index (χ3v) is 3.65. The highest BCUT2D eigenvalue weighted by Gasteiger charge is 2.00. The molecule has 25 heavy (non-hydrogen) atoms. The van der Waals surface area contributed by atoms with E-state index in [4.69, 9.17) is 0 Å². The van der Waals surface area contributed by atoms with Crippen molar-refractivity contribution < 1.29 is 4.90 Å². The molecule has 0 spiro atoms. The van der Waals surface area contributed by atoms with Crippen LogP contribution in [0.25, 0.3) is 0 Å². The number of benzene rings is 2. The molecule has 2 aromatic rings. The quantitative estimate of drug-likeness (QED) is 0.440. The number of anilines is 2. The van der Waals surface area contributed by atoms with Gasteiger partial charge in [0.25, 0.3) is 0 Å². The number of nitrogens with zero attached hydrogens (tertiary/aromatic N) is 3. The second-order valence-electron chi connectivity index (χ2n) is 6.18. The molecule has 2 rings (SSSR count). The second-order valence-corrected chi connectivity index (χ2v) is 6.18. The number of hydrogen-bond acceptors (Lipinski definition) is 4. The number of rotatable bonds is 8. The van der Waals surface area contributed by atoms with Crippen LogP contribution in [0.4, 0.5) is 11.4 Å². The molecular weight excluding hydrogens is 310 g/mol. The average molecular weight is 338 g/mol. The number of nitrogens with one attached hydrogen (secondary N) is 2. The summed E-state index contributed by atoms with van der Waals surface area (Å²) in [6, 6.07) is 18.7. The van der Waals surface area contributed by atoms with Gasteiger partial charge in [0.15, 0.2) is 0 Å². The molecule has 0 aromatic heterocycles. The van der Waals surface area contributed by atoms with Crippen LogP contribution in [0.1, 0.15) is 5.56 Å². The van der Waals surface area contributed by atoms with Gasteiger partial charge in [0.1, 0.15) is 6.20 Å². The van der Waals surface area contributed by atoms with Crippen molar-refractivity contribution in [2.45, 2.75) is 6.54 Å². The molecule has 0 fully saturated rings. The van der Waals surface area contributed by atoms with Crippen LogP contribution in [-0.2, 0) is 6.54 Å². The molecule has 0 amide bonds. The van der Waals surface area contributed by atoms with Crippen LogP contribution in [0.3, 0.4) is 0 Å². The maximum Gasteiger partial charge on any atom is 0.210 e. The summed E-state index contributed by atoms with van der Waals surface area (Å²) in [6.45, 7) is 0.820. The van der Waals surface area contributed by atoms with Gasteiger partial charge >= 0.3 is 0 Å². The van der Waals surface area contributed by atoms with Crippen molar-refractivity contribution in [1.82, 2.24) is 4.90 Å². The minimum atomic E-state index is 0.820. The topological polar surface area (TPSA) is 35.3 Å². The van der Waals surface area contributed by atoms with Gasteiger partial charge < -0.3 is 10.2 Å². The maximum absolute atomic E-state index is 4.48. The van der Waals surface area contributed by atoms with E-state index < -0.39 is 0 Å². The van der Waals surface area contributed by atoms with Crippen molar-refractivity contribution in [3.63, 3.8) is 0 Å². The van der Waals surface area contributed by atoms with Crippen molar-refractivity contribution in [3.8, 4) is 0 Å². The van der Waals surface area contributed by atoms with Gasteiger partial charge in [0.2, 0.25) is 6.34 Å². The van der Waals surface area contributed by atoms with E-state index in [2.05, 4.69) is 58.9 Å². The van der Waals surface area contributed by atoms with Crippen LogP contribution in [0.5, 0.6) is 0 Å². The Morgan fingerprint density at radius 3 is 2.32 bits per heavy atom. The highest BCUT2D eigenvalue weighted by atomic mass is 15.5. The van der Waals surface area contributed by atoms with E-state index in [0.717, 1.165) is 22.8 Å². The van der Waals surface area contributed by atoms with Crippen LogP contribution < -0.4 is 15.2 Å². The molecule has 0 heterocycles. The lowest BCUT2D eigenvalue weighted by Gasteiger charge is -2.14. The van der Waals surface area contributed by atoms with Gasteiger partial charge in [-0.1, -0.05) is 30.3 Å². The summed E-state index contributed by atoms with van der Waals surface area (Å²) in [7, 11) is 7.99. The Bertz CT molecular complexity index is 677. The number of hydrazone groups is 1. The van der Waals surface area contributed by atoms with Gasteiger partial charge in [-0.2, -0.15) is 0 Å². The van der Waals surface area contributed by atoms with Gasteiger partial charge in [0, 0.05) is 33.4 Å². The molecule has 5 nitrogen and oxygen atoms in total. The first kappa shape index (κ1) is 18.5. The molecule has 0 saturated carbocycles. The van der Waals surface area contributed by atoms with Crippen molar-refractivity contribution in [3.05, 3.63) is 72.6 Å². The Morgan fingerprint density at radius 1 is 1.00 bits per heavy atom. The second kappa shape index (κ2) is 9.49. The van der Waals surface area contributed by atoms with Gasteiger partial charge in [-0.15, -0.1) is 5.10 Å². The Morgan fingerprint density at radius 2 is 1.68 bits per heavy atom. The summed E-state index contributed by atoms with van der Waals surface area (Å²) >= 11 is 0. The maximum atomic E-state index is 4.48. The highest BCUT2D eigenvalue weighted by Crippen LogP contribution is 2.17. The third kappa shape index (κ3) is 6.69. The summed E-state index contributed by atoms with van der Waals surface area (Å²) in [5.41, 5.74) is 3.41. The summed E-state index contributed by atoms with van der Waals surface area (Å²) in [5, 5.41) is 9.78. The summed E-state index contributed by atoms with van der Waals surface area (Å²) < 4.78 is 0. The molecule has 132 valence electrons. The van der Waals surface area contributed by atoms with E-state index in [1.807, 2.05) is 62.9 Å². The van der Waals surface area contributed by atoms with Crippen molar-refractivity contribution in [2.75, 3.05) is 38.5 Å². The minimum Gasteiger partial charge on any atom is -0.381 e. The molecule has 0 aliphatic rings. The fourth-order valence-electron chi connectivity index (χ4n) is 2.15. The predicted molar refractivity (Wildman–Crippen MR) is 107 cm³/mol. The molecule has 2 aromatic carbocycles. The lowest BCUT2D eigenvalue weighted by Crippen LogP contribution is -3.03. The van der Waals surface area contributed by atoms with Crippen LogP contribution in [-0.4, -0.2) is 39.4 Å². The van der Waals surface area contributed by atoms with E-state index in [0.29, 0.717) is 0 Å². The molecule has 0 bridgehead atoms. The number of hydrogen-bond donors (Lipinski definition) is 2. The Hall–Kier alpha value is -2.79. The fourth-order valence-corrected chi connectivity index (χ4v) is 2.15. The Kier molecular flexibility index (Phi) is 7.04. The zero-order valence-corrected chi connectivity index (χ0v) is 15.5. The van der Waals surface area contributed by atoms with Gasteiger partial charge in [0.05, 0.1) is 18.9 Å². The van der Waals surface area contributed by atoms with Crippen LogP contribution in [0.2, 0.25) is 0 Å².